The highest BCUT2D eigenvalue weighted by Gasteiger charge is 2.48. The molecule has 7 rings (SSSR count). The van der Waals surface area contributed by atoms with Crippen LogP contribution in [0.25, 0.3) is 17.2 Å². The number of nitrogens with one attached hydrogen (secondary N) is 5. The molecule has 5 N–H and O–H groups in total. The van der Waals surface area contributed by atoms with Crippen LogP contribution in [0.1, 0.15) is 135 Å². The lowest BCUT2D eigenvalue weighted by Gasteiger charge is -2.42. The van der Waals surface area contributed by atoms with Crippen molar-refractivity contribution in [2.75, 3.05) is 13.2 Å². The second-order valence-corrected chi connectivity index (χ2v) is 38.1. The van der Waals surface area contributed by atoms with Gasteiger partial charge in [-0.15, -0.1) is 0 Å². The molecule has 18 nitrogen and oxygen atoms in total. The van der Waals surface area contributed by atoms with Gasteiger partial charge >= 0.3 is 24.2 Å². The van der Waals surface area contributed by atoms with E-state index in [0.717, 1.165) is 32.9 Å². The van der Waals surface area contributed by atoms with Crippen LogP contribution in [-0.2, 0) is 57.4 Å². The van der Waals surface area contributed by atoms with Crippen LogP contribution in [0.5, 0.6) is 5.75 Å². The molecular formula is C77H98N6O12Si2. The zero-order valence-electron chi connectivity index (χ0n) is 58.7. The van der Waals surface area contributed by atoms with Gasteiger partial charge in [0, 0.05) is 30.7 Å². The molecule has 1 unspecified atom stereocenters. The van der Waals surface area contributed by atoms with Crippen molar-refractivity contribution in [2.24, 2.45) is 0 Å². The fraction of sp³-hybridized carbons (Fsp3) is 0.390. The first-order chi connectivity index (χ1) is 45.9. The number of benzene rings is 6. The monoisotopic (exact) mass is 1350 g/mol. The van der Waals surface area contributed by atoms with Gasteiger partial charge in [0.05, 0.1) is 6.04 Å². The number of allylic oxidation sites excluding steroid dienone is 1. The molecule has 0 saturated carbocycles. The number of nitrogens with zero attached hydrogens (tertiary/aromatic N) is 1. The van der Waals surface area contributed by atoms with Crippen molar-refractivity contribution < 1.29 is 56.6 Å². The number of alkyl carbamates (subject to hydrolysis) is 2. The Hall–Kier alpha value is -9.12. The van der Waals surface area contributed by atoms with Crippen LogP contribution in [0.4, 0.5) is 14.4 Å². The summed E-state index contributed by atoms with van der Waals surface area (Å²) in [7, 11) is -5.37. The van der Waals surface area contributed by atoms with Crippen LogP contribution in [0.2, 0.25) is 34.8 Å². The van der Waals surface area contributed by atoms with E-state index in [2.05, 4.69) is 62.8 Å². The molecule has 1 aliphatic rings. The first-order valence-corrected chi connectivity index (χ1v) is 38.4. The number of fused-ring (bicyclic) bond motifs is 3. The van der Waals surface area contributed by atoms with Gasteiger partial charge in [-0.05, 0) is 137 Å². The van der Waals surface area contributed by atoms with Gasteiger partial charge in [-0.25, -0.2) is 24.1 Å². The third kappa shape index (κ3) is 21.4. The third-order valence-corrected chi connectivity index (χ3v) is 28.2. The van der Waals surface area contributed by atoms with Crippen LogP contribution in [0, 0.1) is 5.41 Å². The molecule has 97 heavy (non-hydrogen) atoms. The zero-order chi connectivity index (χ0) is 70.7. The van der Waals surface area contributed by atoms with Gasteiger partial charge in [0.1, 0.15) is 43.3 Å². The van der Waals surface area contributed by atoms with Crippen molar-refractivity contribution in [3.8, 4) is 16.9 Å². The average molecular weight is 1360 g/mol. The first kappa shape index (κ1) is 75.3. The van der Waals surface area contributed by atoms with E-state index in [0.29, 0.717) is 38.9 Å². The van der Waals surface area contributed by atoms with E-state index in [1.165, 1.54) is 12.2 Å². The molecule has 0 bridgehead atoms. The number of ether oxygens (including phenoxy) is 4. The van der Waals surface area contributed by atoms with E-state index < -0.39 is 87.5 Å². The van der Waals surface area contributed by atoms with E-state index >= 15 is 9.59 Å². The molecule has 6 aromatic rings. The lowest BCUT2D eigenvalue weighted by atomic mass is 9.98. The summed E-state index contributed by atoms with van der Waals surface area (Å²) in [6, 6.07) is 48.0. The highest BCUT2D eigenvalue weighted by Crippen LogP contribution is 2.45. The summed E-state index contributed by atoms with van der Waals surface area (Å²) in [5.41, 5.74) is 7.16. The minimum absolute atomic E-state index is 0.0130. The maximum atomic E-state index is 15.9. The Morgan fingerprint density at radius 3 is 1.63 bits per heavy atom. The molecule has 0 saturated heterocycles. The molecule has 0 radical (unpaired) electrons. The van der Waals surface area contributed by atoms with Gasteiger partial charge in [-0.2, -0.15) is 0 Å². The average Bonchev–Trinajstić information content (AvgIpc) is 1.70. The Morgan fingerprint density at radius 2 is 1.10 bits per heavy atom. The molecule has 0 spiro atoms. The molecule has 1 aliphatic carbocycles. The van der Waals surface area contributed by atoms with Gasteiger partial charge in [0.25, 0.3) is 14.2 Å². The number of hydrogen-bond donors (Lipinski definition) is 5. The predicted octanol–water partition coefficient (Wildman–Crippen LogP) is 15.9. The van der Waals surface area contributed by atoms with E-state index in [9.17, 15) is 19.2 Å². The van der Waals surface area contributed by atoms with Crippen molar-refractivity contribution in [1.29, 1.82) is 5.41 Å². The molecule has 6 aromatic carbocycles. The summed E-state index contributed by atoms with van der Waals surface area (Å²) in [6.45, 7) is 27.9. The van der Waals surface area contributed by atoms with Gasteiger partial charge in [0.2, 0.25) is 11.9 Å². The van der Waals surface area contributed by atoms with Crippen LogP contribution in [-0.4, -0.2) is 100 Å². The Morgan fingerprint density at radius 1 is 0.588 bits per heavy atom. The Balaban J connectivity index is 1.25. The fourth-order valence-electron chi connectivity index (χ4n) is 11.9. The summed E-state index contributed by atoms with van der Waals surface area (Å²) in [4.78, 5) is 87.6. The third-order valence-electron chi connectivity index (χ3n) is 17.7. The van der Waals surface area contributed by atoms with Crippen LogP contribution in [0.15, 0.2) is 182 Å². The van der Waals surface area contributed by atoms with Crippen LogP contribution < -0.4 is 25.7 Å². The molecule has 0 aromatic heterocycles. The molecular weight excluding hydrogens is 1260 g/mol. The SMILES string of the molecule is CC(C)[Si](Oc1ccc(/C=C(/C=C/C(=O)OC(C)(C)C)NC(=O)[C@H](Cc2ccccc2)NC(=O)C(O[Si](C)(C)C(C)(C)C)[C@H](CCCN(C(=N)NC(=O)OCc2ccccc2)C(=O)OCc2ccccc2)NC(=O)OCC2c3ccccc3-c3ccccc32)cc1)(C(C)C)C(C)C. The number of rotatable bonds is 28. The van der Waals surface area contributed by atoms with Gasteiger partial charge < -0.3 is 43.7 Å². The summed E-state index contributed by atoms with van der Waals surface area (Å²) >= 11 is 0. The summed E-state index contributed by atoms with van der Waals surface area (Å²) in [6.07, 6.45) is -0.107. The number of carbonyl (C=O) groups is 6. The van der Waals surface area contributed by atoms with E-state index in [1.807, 2.05) is 149 Å². The lowest BCUT2D eigenvalue weighted by Crippen LogP contribution is -2.60. The quantitative estimate of drug-likeness (QED) is 0.00587. The number of carbonyl (C=O) groups excluding carboxylic acids is 6. The van der Waals surface area contributed by atoms with Gasteiger partial charge in [-0.1, -0.05) is 214 Å². The second-order valence-electron chi connectivity index (χ2n) is 27.9. The topological polar surface area (TPSA) is 233 Å². The summed E-state index contributed by atoms with van der Waals surface area (Å²) in [5.74, 6) is -2.29. The van der Waals surface area contributed by atoms with E-state index in [-0.39, 0.29) is 57.2 Å². The lowest BCUT2D eigenvalue weighted by molar-refractivity contribution is -0.148. The van der Waals surface area contributed by atoms with E-state index in [4.69, 9.17) is 33.2 Å². The summed E-state index contributed by atoms with van der Waals surface area (Å²) < 4.78 is 37.1. The molecule has 5 amide bonds. The molecule has 3 atom stereocenters. The molecule has 0 aliphatic heterocycles. The van der Waals surface area contributed by atoms with Crippen molar-refractivity contribution in [3.63, 3.8) is 0 Å². The minimum Gasteiger partial charge on any atom is -0.543 e. The fourth-order valence-corrected chi connectivity index (χ4v) is 18.4. The molecule has 516 valence electrons. The highest BCUT2D eigenvalue weighted by atomic mass is 28.4. The van der Waals surface area contributed by atoms with Crippen molar-refractivity contribution in [3.05, 3.63) is 215 Å². The maximum Gasteiger partial charge on any atom is 0.416 e. The normalized spacial score (nSPS) is 13.6. The predicted molar refractivity (Wildman–Crippen MR) is 385 cm³/mol. The zero-order valence-corrected chi connectivity index (χ0v) is 60.7. The number of amides is 5. The van der Waals surface area contributed by atoms with Gasteiger partial charge in [-0.3, -0.25) is 20.3 Å². The number of hydrogen-bond acceptors (Lipinski definition) is 13. The molecule has 0 heterocycles. The second kappa shape index (κ2) is 34.2. The first-order valence-electron chi connectivity index (χ1n) is 33.3. The van der Waals surface area contributed by atoms with Crippen LogP contribution in [0.3, 0.4) is 0 Å². The summed E-state index contributed by atoms with van der Waals surface area (Å²) in [5, 5.41) is 20.0. The minimum atomic E-state index is -3.05. The van der Waals surface area contributed by atoms with Crippen molar-refractivity contribution in [2.45, 2.75) is 180 Å². The number of guanidine groups is 1. The Labute approximate surface area is 575 Å². The van der Waals surface area contributed by atoms with Crippen LogP contribution >= 0.6 is 0 Å². The smallest absolute Gasteiger partial charge is 0.416 e. The van der Waals surface area contributed by atoms with E-state index in [1.54, 1.807) is 75.4 Å². The number of esters is 1. The Bertz CT molecular complexity index is 3630. The van der Waals surface area contributed by atoms with Crippen molar-refractivity contribution in [1.82, 2.24) is 26.2 Å². The maximum absolute atomic E-state index is 15.9. The molecule has 0 fully saturated rings. The largest absolute Gasteiger partial charge is 0.543 e. The molecule has 20 heteroatoms. The standard InChI is InChI=1S/C77H98N6O12Si2/c1-52(2)97(53(3)4,54(5)6)94-60-43-40-56(41-44-60)47-59(42-45-68(84)93-76(7,8)9)79-70(85)67(48-55-29-18-15-19-30-55)80-71(86)69(95-96(13,14)77(10,11)12)66(81-73(87)91-51-65-63-37-26-24-35-61(63)62-36-25-27-38-64(62)65)39-28-46-83(75(89)92-50-58-33-22-17-23-34-58)72(78)82-74(88)90-49-57-31-20-16-21-32-57/h15-27,29-38,40-45,47,52-54,65-67,69H,28,39,46,48-51H2,1-14H3,(H,79,85)(H,80,86)(H,81,87)(H2,78,82,88)/b45-42+,59-47-/t66-,67-,69?/m0/s1. The highest BCUT2D eigenvalue weighted by molar-refractivity contribution is 6.78. The van der Waals surface area contributed by atoms with Gasteiger partial charge in [0.15, 0.2) is 8.32 Å². The Kier molecular flexibility index (Phi) is 26.5. The van der Waals surface area contributed by atoms with Crippen molar-refractivity contribution >= 4 is 64.7 Å².